The molecule has 0 spiro atoms. The van der Waals surface area contributed by atoms with Gasteiger partial charge in [-0.2, -0.15) is 47.0 Å². The van der Waals surface area contributed by atoms with Gasteiger partial charge in [-0.1, -0.05) is 105 Å². The van der Waals surface area contributed by atoms with Crippen molar-refractivity contribution < 1.29 is 4.48 Å². The molecule has 0 fully saturated rings. The van der Waals surface area contributed by atoms with E-state index in [2.05, 4.69) is 74.7 Å². The highest BCUT2D eigenvalue weighted by Gasteiger charge is 2.26. The molecule has 0 radical (unpaired) electrons. The Bertz CT molecular complexity index is 391. The molecule has 5 heteroatoms. The van der Waals surface area contributed by atoms with Crippen molar-refractivity contribution in [2.24, 2.45) is 0 Å². The van der Waals surface area contributed by atoms with E-state index < -0.39 is 0 Å². The first kappa shape index (κ1) is 42.4. The molecule has 0 amide bonds. The van der Waals surface area contributed by atoms with Crippen LogP contribution in [0.2, 0.25) is 0 Å². The minimum atomic E-state index is 1.36. The predicted octanol–water partition coefficient (Wildman–Crippen LogP) is 12.6. The van der Waals surface area contributed by atoms with E-state index in [0.717, 1.165) is 0 Å². The lowest BCUT2D eigenvalue weighted by Crippen LogP contribution is -2.51. The van der Waals surface area contributed by atoms with Crippen molar-refractivity contribution in [3.05, 3.63) is 0 Å². The summed E-state index contributed by atoms with van der Waals surface area (Å²) < 4.78 is 1.43. The molecule has 0 aliphatic heterocycles. The average molecular weight is 651 g/mol. The summed E-state index contributed by atoms with van der Waals surface area (Å²) >= 11 is 8.98. The molecule has 0 heterocycles. The van der Waals surface area contributed by atoms with E-state index in [-0.39, 0.29) is 0 Å². The standard InChI is InChI=1S/C36H76NS4/c1-5-9-13-17-29-38-33-21-25-37(26-22-34-39-30-18-14-10-6-2,27-23-35-40-31-19-15-11-7-3)28-24-36-41-32-20-16-12-8-4/h5-36H2,1-4H3/q+1. The van der Waals surface area contributed by atoms with E-state index >= 15 is 0 Å². The van der Waals surface area contributed by atoms with Crippen molar-refractivity contribution in [2.75, 3.05) is 72.2 Å². The first-order valence-corrected chi connectivity index (χ1v) is 23.0. The molecule has 0 aromatic heterocycles. The Morgan fingerprint density at radius 2 is 0.488 bits per heavy atom. The zero-order valence-electron chi connectivity index (χ0n) is 28.7. The second kappa shape index (κ2) is 35.8. The summed E-state index contributed by atoms with van der Waals surface area (Å²) in [6.07, 6.45) is 28.3. The molecule has 1 nitrogen and oxygen atoms in total. The van der Waals surface area contributed by atoms with Gasteiger partial charge in [0.2, 0.25) is 0 Å². The van der Waals surface area contributed by atoms with Crippen LogP contribution in [0.1, 0.15) is 156 Å². The van der Waals surface area contributed by atoms with Crippen LogP contribution >= 0.6 is 47.0 Å². The summed E-state index contributed by atoms with van der Waals surface area (Å²) in [7, 11) is 0. The van der Waals surface area contributed by atoms with Crippen LogP contribution in [0.5, 0.6) is 0 Å². The topological polar surface area (TPSA) is 0 Å². The largest absolute Gasteiger partial charge is 0.324 e. The first-order chi connectivity index (χ1) is 20.2. The zero-order chi connectivity index (χ0) is 30.0. The smallest absolute Gasteiger partial charge is 0.0794 e. The van der Waals surface area contributed by atoms with Gasteiger partial charge in [0.1, 0.15) is 0 Å². The molecule has 0 unspecified atom stereocenters. The molecule has 248 valence electrons. The Morgan fingerprint density at radius 3 is 0.707 bits per heavy atom. The normalized spacial score (nSPS) is 12.0. The summed E-state index contributed by atoms with van der Waals surface area (Å²) in [6, 6.07) is 0. The SMILES string of the molecule is CCCCCCSCCC[N+](CCCSCCCCCC)(CCCSCCCCCC)CCCSCCCCCC. The number of quaternary nitrogens is 1. The van der Waals surface area contributed by atoms with E-state index in [1.54, 1.807) is 0 Å². The molecule has 0 bridgehead atoms. The van der Waals surface area contributed by atoms with Crippen molar-refractivity contribution in [1.29, 1.82) is 0 Å². The van der Waals surface area contributed by atoms with Gasteiger partial charge in [0.05, 0.1) is 26.2 Å². The third kappa shape index (κ3) is 31.1. The van der Waals surface area contributed by atoms with Gasteiger partial charge >= 0.3 is 0 Å². The fraction of sp³-hybridized carbons (Fsp3) is 1.00. The van der Waals surface area contributed by atoms with E-state index in [0.29, 0.717) is 0 Å². The maximum absolute atomic E-state index is 2.32. The predicted molar refractivity (Wildman–Crippen MR) is 204 cm³/mol. The summed E-state index contributed by atoms with van der Waals surface area (Å²) in [5.41, 5.74) is 0. The Hall–Kier alpha value is 1.36. The highest BCUT2D eigenvalue weighted by Crippen LogP contribution is 2.21. The average Bonchev–Trinajstić information content (AvgIpc) is 2.98. The number of nitrogens with zero attached hydrogens (tertiary/aromatic N) is 1. The maximum Gasteiger partial charge on any atom is 0.0794 e. The van der Waals surface area contributed by atoms with Crippen LogP contribution in [0.25, 0.3) is 0 Å². The molecule has 0 N–H and O–H groups in total. The van der Waals surface area contributed by atoms with Gasteiger partial charge in [0.25, 0.3) is 0 Å². The molecule has 0 aliphatic carbocycles. The number of hydrogen-bond acceptors (Lipinski definition) is 4. The molecule has 0 aromatic rings. The van der Waals surface area contributed by atoms with Crippen LogP contribution in [-0.4, -0.2) is 76.7 Å². The molecular formula is C36H76NS4+. The highest BCUT2D eigenvalue weighted by molar-refractivity contribution is 7.99. The lowest BCUT2D eigenvalue weighted by molar-refractivity contribution is -0.928. The number of unbranched alkanes of at least 4 members (excludes halogenated alkanes) is 12. The number of rotatable bonds is 36. The molecule has 0 aromatic carbocycles. The van der Waals surface area contributed by atoms with Crippen molar-refractivity contribution in [3.63, 3.8) is 0 Å². The monoisotopic (exact) mass is 650 g/mol. The van der Waals surface area contributed by atoms with Gasteiger partial charge in [-0.25, -0.2) is 0 Å². The molecule has 0 atom stereocenters. The summed E-state index contributed by atoms with van der Waals surface area (Å²) in [5, 5.41) is 0. The van der Waals surface area contributed by atoms with Crippen molar-refractivity contribution in [1.82, 2.24) is 0 Å². The fourth-order valence-electron chi connectivity index (χ4n) is 5.61. The van der Waals surface area contributed by atoms with Crippen LogP contribution in [0.4, 0.5) is 0 Å². The highest BCUT2D eigenvalue weighted by atomic mass is 32.2. The minimum absolute atomic E-state index is 1.36. The second-order valence-electron chi connectivity index (χ2n) is 12.3. The van der Waals surface area contributed by atoms with Crippen molar-refractivity contribution >= 4 is 47.0 Å². The Kier molecular flexibility index (Phi) is 37.0. The number of thioether (sulfide) groups is 4. The molecule has 41 heavy (non-hydrogen) atoms. The lowest BCUT2D eigenvalue weighted by atomic mass is 10.2. The van der Waals surface area contributed by atoms with Gasteiger partial charge in [0, 0.05) is 25.7 Å². The molecular weight excluding hydrogens is 575 g/mol. The van der Waals surface area contributed by atoms with Gasteiger partial charge in [0.15, 0.2) is 0 Å². The van der Waals surface area contributed by atoms with Crippen LogP contribution in [0.15, 0.2) is 0 Å². The van der Waals surface area contributed by atoms with Crippen LogP contribution < -0.4 is 0 Å². The van der Waals surface area contributed by atoms with Crippen LogP contribution in [-0.2, 0) is 0 Å². The van der Waals surface area contributed by atoms with Gasteiger partial charge in [-0.15, -0.1) is 0 Å². The Balaban J connectivity index is 4.82. The number of hydrogen-bond donors (Lipinski definition) is 0. The lowest BCUT2D eigenvalue weighted by Gasteiger charge is -2.39. The van der Waals surface area contributed by atoms with Crippen LogP contribution in [0, 0.1) is 0 Å². The van der Waals surface area contributed by atoms with E-state index in [1.807, 2.05) is 0 Å². The summed E-state index contributed by atoms with van der Waals surface area (Å²) in [4.78, 5) is 0. The second-order valence-corrected chi connectivity index (χ2v) is 17.2. The fourth-order valence-corrected chi connectivity index (χ4v) is 9.39. The maximum atomic E-state index is 2.32. The zero-order valence-corrected chi connectivity index (χ0v) is 32.0. The molecule has 0 saturated heterocycles. The van der Waals surface area contributed by atoms with Gasteiger partial charge < -0.3 is 4.48 Å². The molecule has 0 aliphatic rings. The Labute approximate surface area is 278 Å². The molecule has 0 rings (SSSR count). The van der Waals surface area contributed by atoms with Gasteiger partial charge in [-0.3, -0.25) is 0 Å². The Morgan fingerprint density at radius 1 is 0.268 bits per heavy atom. The quantitative estimate of drug-likeness (QED) is 0.0488. The van der Waals surface area contributed by atoms with Crippen molar-refractivity contribution in [3.8, 4) is 0 Å². The van der Waals surface area contributed by atoms with E-state index in [1.165, 1.54) is 205 Å². The van der Waals surface area contributed by atoms with Gasteiger partial charge in [-0.05, 0) is 71.7 Å². The van der Waals surface area contributed by atoms with E-state index in [4.69, 9.17) is 0 Å². The summed E-state index contributed by atoms with van der Waals surface area (Å²) in [5.74, 6) is 11.1. The first-order valence-electron chi connectivity index (χ1n) is 18.4. The molecule has 0 saturated carbocycles. The minimum Gasteiger partial charge on any atom is -0.324 e. The third-order valence-corrected chi connectivity index (χ3v) is 12.9. The van der Waals surface area contributed by atoms with Crippen LogP contribution in [0.3, 0.4) is 0 Å². The van der Waals surface area contributed by atoms with Crippen molar-refractivity contribution in [2.45, 2.75) is 156 Å². The third-order valence-electron chi connectivity index (χ3n) is 8.25. The van der Waals surface area contributed by atoms with E-state index in [9.17, 15) is 0 Å². The summed E-state index contributed by atoms with van der Waals surface area (Å²) in [6.45, 7) is 15.0.